The van der Waals surface area contributed by atoms with Gasteiger partial charge in [-0.1, -0.05) is 6.07 Å². The molecule has 0 aromatic carbocycles. The number of carbonyl (C=O) groups excluding carboxylic acids is 1. The Kier molecular flexibility index (Phi) is 4.04. The largest absolute Gasteiger partial charge is 0.383 e. The summed E-state index contributed by atoms with van der Waals surface area (Å²) in [5.41, 5.74) is 7.72. The van der Waals surface area contributed by atoms with Gasteiger partial charge in [-0.15, -0.1) is 0 Å². The van der Waals surface area contributed by atoms with E-state index in [2.05, 4.69) is 14.9 Å². The highest BCUT2D eigenvalue weighted by atomic mass is 16.1. The zero-order valence-electron chi connectivity index (χ0n) is 12.7. The molecule has 5 heteroatoms. The number of anilines is 2. The minimum Gasteiger partial charge on any atom is -0.383 e. The molecule has 1 saturated heterocycles. The van der Waals surface area contributed by atoms with Crippen molar-refractivity contribution in [3.8, 4) is 0 Å². The molecule has 1 fully saturated rings. The van der Waals surface area contributed by atoms with E-state index in [1.54, 1.807) is 24.4 Å². The van der Waals surface area contributed by atoms with Gasteiger partial charge in [0, 0.05) is 19.3 Å². The lowest BCUT2D eigenvalue weighted by Gasteiger charge is -2.29. The fourth-order valence-corrected chi connectivity index (χ4v) is 2.82. The molecule has 1 aliphatic rings. The summed E-state index contributed by atoms with van der Waals surface area (Å²) >= 11 is 0. The van der Waals surface area contributed by atoms with Crippen LogP contribution in [0.3, 0.4) is 0 Å². The minimum atomic E-state index is -0.177. The molecular weight excluding hydrogens is 276 g/mol. The molecule has 3 rings (SSSR count). The lowest BCUT2D eigenvalue weighted by atomic mass is 10.1. The first kappa shape index (κ1) is 14.5. The monoisotopic (exact) mass is 296 g/mol. The second-order valence-corrected chi connectivity index (χ2v) is 5.65. The Bertz CT molecular complexity index is 693. The number of hydrogen-bond donors (Lipinski definition) is 1. The van der Waals surface area contributed by atoms with Crippen molar-refractivity contribution in [2.24, 2.45) is 0 Å². The number of piperidine rings is 1. The first-order valence-electron chi connectivity index (χ1n) is 7.64. The van der Waals surface area contributed by atoms with Crippen molar-refractivity contribution >= 4 is 17.4 Å². The summed E-state index contributed by atoms with van der Waals surface area (Å²) in [6, 6.07) is 7.12. The van der Waals surface area contributed by atoms with Crippen LogP contribution in [0.1, 0.15) is 40.9 Å². The topological polar surface area (TPSA) is 72.1 Å². The second kappa shape index (κ2) is 6.13. The summed E-state index contributed by atoms with van der Waals surface area (Å²) in [5, 5.41) is 0. The Morgan fingerprint density at radius 1 is 1.18 bits per heavy atom. The number of ketones is 1. The van der Waals surface area contributed by atoms with Gasteiger partial charge >= 0.3 is 0 Å². The predicted octanol–water partition coefficient (Wildman–Crippen LogP) is 2.59. The van der Waals surface area contributed by atoms with Gasteiger partial charge in [-0.05, 0) is 49.9 Å². The van der Waals surface area contributed by atoms with Gasteiger partial charge in [-0.2, -0.15) is 0 Å². The van der Waals surface area contributed by atoms with Crippen molar-refractivity contribution in [3.05, 3.63) is 47.3 Å². The van der Waals surface area contributed by atoms with Crippen molar-refractivity contribution in [1.29, 1.82) is 0 Å². The first-order valence-corrected chi connectivity index (χ1v) is 7.64. The van der Waals surface area contributed by atoms with E-state index in [1.807, 2.05) is 13.0 Å². The number of hydrogen-bond acceptors (Lipinski definition) is 5. The van der Waals surface area contributed by atoms with Crippen LogP contribution in [0, 0.1) is 6.92 Å². The fourth-order valence-electron chi connectivity index (χ4n) is 2.82. The highest BCUT2D eigenvalue weighted by molar-refractivity contribution is 6.10. The third-order valence-corrected chi connectivity index (χ3v) is 4.04. The summed E-state index contributed by atoms with van der Waals surface area (Å²) in [4.78, 5) is 23.5. The van der Waals surface area contributed by atoms with Crippen LogP contribution in [0.15, 0.2) is 30.5 Å². The minimum absolute atomic E-state index is 0.177. The van der Waals surface area contributed by atoms with E-state index in [4.69, 9.17) is 5.73 Å². The Morgan fingerprint density at radius 2 is 1.95 bits per heavy atom. The van der Waals surface area contributed by atoms with Crippen molar-refractivity contribution < 1.29 is 4.79 Å². The normalized spacial score (nSPS) is 14.9. The van der Waals surface area contributed by atoms with Gasteiger partial charge in [0.1, 0.15) is 17.3 Å². The van der Waals surface area contributed by atoms with E-state index in [-0.39, 0.29) is 11.6 Å². The van der Waals surface area contributed by atoms with Gasteiger partial charge in [0.15, 0.2) is 0 Å². The summed E-state index contributed by atoms with van der Waals surface area (Å²) in [6.45, 7) is 4.03. The van der Waals surface area contributed by atoms with Gasteiger partial charge in [0.25, 0.3) is 0 Å². The Labute approximate surface area is 130 Å². The zero-order valence-corrected chi connectivity index (χ0v) is 12.7. The maximum Gasteiger partial charge on any atom is 0.215 e. The standard InChI is InChI=1S/C17H20N4O/c1-12-7-8-14(15(22)13-6-5-9-19-16(13)18)20-17(12)21-10-3-2-4-11-21/h5-9H,2-4,10-11H2,1H3,(H2,18,19). The van der Waals surface area contributed by atoms with Crippen molar-refractivity contribution in [2.45, 2.75) is 26.2 Å². The van der Waals surface area contributed by atoms with Crippen LogP contribution >= 0.6 is 0 Å². The second-order valence-electron chi connectivity index (χ2n) is 5.65. The molecule has 2 aromatic rings. The summed E-state index contributed by atoms with van der Waals surface area (Å²) in [7, 11) is 0. The molecule has 2 aromatic heterocycles. The van der Waals surface area contributed by atoms with Gasteiger partial charge in [-0.25, -0.2) is 9.97 Å². The number of pyridine rings is 2. The van der Waals surface area contributed by atoms with Crippen molar-refractivity contribution in [1.82, 2.24) is 9.97 Å². The van der Waals surface area contributed by atoms with Crippen LogP contribution in [0.5, 0.6) is 0 Å². The summed E-state index contributed by atoms with van der Waals surface area (Å²) in [6.07, 6.45) is 5.19. The number of nitrogen functional groups attached to an aromatic ring is 1. The number of aryl methyl sites for hydroxylation is 1. The molecule has 22 heavy (non-hydrogen) atoms. The highest BCUT2D eigenvalue weighted by Gasteiger charge is 2.19. The van der Waals surface area contributed by atoms with Gasteiger partial charge in [-0.3, -0.25) is 4.79 Å². The lowest BCUT2D eigenvalue weighted by molar-refractivity contribution is 0.103. The molecule has 0 spiro atoms. The average molecular weight is 296 g/mol. The van der Waals surface area contributed by atoms with Crippen LogP contribution in [0.2, 0.25) is 0 Å². The van der Waals surface area contributed by atoms with Crippen LogP contribution in [-0.4, -0.2) is 28.8 Å². The van der Waals surface area contributed by atoms with Gasteiger partial charge < -0.3 is 10.6 Å². The Hall–Kier alpha value is -2.43. The molecule has 0 aliphatic carbocycles. The third-order valence-electron chi connectivity index (χ3n) is 4.04. The zero-order chi connectivity index (χ0) is 15.5. The van der Waals surface area contributed by atoms with Crippen molar-refractivity contribution in [3.63, 3.8) is 0 Å². The SMILES string of the molecule is Cc1ccc(C(=O)c2cccnc2N)nc1N1CCCCC1. The van der Waals surface area contributed by atoms with Crippen LogP contribution in [0.4, 0.5) is 11.6 Å². The van der Waals surface area contributed by atoms with Gasteiger partial charge in [0.2, 0.25) is 5.78 Å². The van der Waals surface area contributed by atoms with E-state index < -0.39 is 0 Å². The van der Waals surface area contributed by atoms with E-state index in [1.165, 1.54) is 19.3 Å². The third kappa shape index (κ3) is 2.79. The molecule has 0 amide bonds. The number of rotatable bonds is 3. The average Bonchev–Trinajstić information content (AvgIpc) is 2.56. The lowest BCUT2D eigenvalue weighted by Crippen LogP contribution is -2.31. The number of aromatic nitrogens is 2. The maximum atomic E-state index is 12.6. The molecule has 114 valence electrons. The highest BCUT2D eigenvalue weighted by Crippen LogP contribution is 2.23. The molecule has 5 nitrogen and oxygen atoms in total. The quantitative estimate of drug-likeness (QED) is 0.881. The molecule has 0 atom stereocenters. The van der Waals surface area contributed by atoms with E-state index in [9.17, 15) is 4.79 Å². The summed E-state index contributed by atoms with van der Waals surface area (Å²) < 4.78 is 0. The maximum absolute atomic E-state index is 12.6. The Morgan fingerprint density at radius 3 is 2.68 bits per heavy atom. The van der Waals surface area contributed by atoms with Crippen molar-refractivity contribution in [2.75, 3.05) is 23.7 Å². The fraction of sp³-hybridized carbons (Fsp3) is 0.353. The molecule has 3 heterocycles. The molecule has 2 N–H and O–H groups in total. The van der Waals surface area contributed by atoms with Crippen LogP contribution in [0.25, 0.3) is 0 Å². The predicted molar refractivity (Wildman–Crippen MR) is 87.1 cm³/mol. The van der Waals surface area contributed by atoms with E-state index in [0.29, 0.717) is 11.3 Å². The first-order chi connectivity index (χ1) is 10.7. The van der Waals surface area contributed by atoms with Crippen LogP contribution < -0.4 is 10.6 Å². The van der Waals surface area contributed by atoms with E-state index in [0.717, 1.165) is 24.5 Å². The smallest absolute Gasteiger partial charge is 0.215 e. The van der Waals surface area contributed by atoms with E-state index >= 15 is 0 Å². The molecular formula is C17H20N4O. The number of nitrogens with zero attached hydrogens (tertiary/aromatic N) is 3. The molecule has 0 unspecified atom stereocenters. The van der Waals surface area contributed by atoms with Crippen LogP contribution in [-0.2, 0) is 0 Å². The Balaban J connectivity index is 1.95. The number of nitrogens with two attached hydrogens (primary N) is 1. The summed E-state index contributed by atoms with van der Waals surface area (Å²) in [5.74, 6) is 0.978. The molecule has 0 radical (unpaired) electrons. The molecule has 0 bridgehead atoms. The molecule has 0 saturated carbocycles. The number of carbonyl (C=O) groups is 1. The molecule has 1 aliphatic heterocycles. The van der Waals surface area contributed by atoms with Gasteiger partial charge in [0.05, 0.1) is 5.56 Å².